The number of aryl methyl sites for hydroxylation is 1. The fraction of sp³-hybridized carbons (Fsp3) is 0.200. The molecule has 0 fully saturated rings. The predicted molar refractivity (Wildman–Crippen MR) is 79.1 cm³/mol. The lowest BCUT2D eigenvalue weighted by Crippen LogP contribution is -2.04. The number of nitrogens with zero attached hydrogens (tertiary/aromatic N) is 1. The molecule has 0 aliphatic carbocycles. The average molecular weight is 271 g/mol. The molecular weight excluding hydrogens is 254 g/mol. The van der Waals surface area contributed by atoms with E-state index in [-0.39, 0.29) is 5.97 Å². The lowest BCUT2D eigenvalue weighted by Gasteiger charge is -2.08. The molecular formula is C15H17N3O2. The molecule has 1 heterocycles. The summed E-state index contributed by atoms with van der Waals surface area (Å²) in [4.78, 5) is 15.9. The number of rotatable bonds is 4. The minimum atomic E-state index is -0.319. The molecule has 104 valence electrons. The summed E-state index contributed by atoms with van der Waals surface area (Å²) < 4.78 is 4.93. The van der Waals surface area contributed by atoms with Crippen LogP contribution >= 0.6 is 0 Å². The first-order chi connectivity index (χ1) is 9.60. The third kappa shape index (κ3) is 3.26. The first-order valence-electron chi connectivity index (χ1n) is 6.37. The molecule has 1 aromatic carbocycles. The minimum Gasteiger partial charge on any atom is -0.462 e. The van der Waals surface area contributed by atoms with Crippen LogP contribution in [0.25, 0.3) is 0 Å². The predicted octanol–water partition coefficient (Wildman–Crippen LogP) is 2.89. The van der Waals surface area contributed by atoms with Gasteiger partial charge in [-0.2, -0.15) is 0 Å². The largest absolute Gasteiger partial charge is 0.462 e. The first kappa shape index (κ1) is 13.9. The number of hydrogen-bond donors (Lipinski definition) is 2. The molecule has 0 aliphatic heterocycles. The Labute approximate surface area is 117 Å². The zero-order chi connectivity index (χ0) is 14.5. The van der Waals surface area contributed by atoms with E-state index in [1.807, 2.05) is 13.0 Å². The van der Waals surface area contributed by atoms with Crippen LogP contribution in [0.5, 0.6) is 0 Å². The van der Waals surface area contributed by atoms with Gasteiger partial charge >= 0.3 is 5.97 Å². The van der Waals surface area contributed by atoms with Gasteiger partial charge in [-0.05, 0) is 50.2 Å². The van der Waals surface area contributed by atoms with Gasteiger partial charge in [-0.1, -0.05) is 0 Å². The summed E-state index contributed by atoms with van der Waals surface area (Å²) in [5.41, 5.74) is 8.53. The highest BCUT2D eigenvalue weighted by atomic mass is 16.5. The van der Waals surface area contributed by atoms with E-state index in [9.17, 15) is 4.79 Å². The van der Waals surface area contributed by atoms with Crippen LogP contribution in [0.15, 0.2) is 36.4 Å². The first-order valence-corrected chi connectivity index (χ1v) is 6.37. The minimum absolute atomic E-state index is 0.319. The Balaban J connectivity index is 2.10. The molecule has 0 spiro atoms. The zero-order valence-corrected chi connectivity index (χ0v) is 11.5. The van der Waals surface area contributed by atoms with E-state index >= 15 is 0 Å². The maximum Gasteiger partial charge on any atom is 0.338 e. The molecule has 5 nitrogen and oxygen atoms in total. The number of benzene rings is 1. The maximum atomic E-state index is 11.5. The smallest absolute Gasteiger partial charge is 0.338 e. The van der Waals surface area contributed by atoms with Gasteiger partial charge in [0, 0.05) is 5.69 Å². The summed E-state index contributed by atoms with van der Waals surface area (Å²) in [5, 5.41) is 3.15. The summed E-state index contributed by atoms with van der Waals surface area (Å²) in [7, 11) is 0. The van der Waals surface area contributed by atoms with Crippen LogP contribution in [-0.2, 0) is 4.74 Å². The van der Waals surface area contributed by atoms with Crippen molar-refractivity contribution >= 4 is 23.2 Å². The SMILES string of the molecule is CCOC(=O)c1ccc(Nc2ccc(N)c(C)n2)cc1. The van der Waals surface area contributed by atoms with E-state index in [4.69, 9.17) is 10.5 Å². The Morgan fingerprint density at radius 2 is 1.95 bits per heavy atom. The van der Waals surface area contributed by atoms with Gasteiger partial charge in [0.05, 0.1) is 23.6 Å². The standard InChI is InChI=1S/C15H17N3O2/c1-3-20-15(19)11-4-6-12(7-5-11)18-14-9-8-13(16)10(2)17-14/h4-9H,3,16H2,1-2H3,(H,17,18). The van der Waals surface area contributed by atoms with Gasteiger partial charge < -0.3 is 15.8 Å². The second-order valence-electron chi connectivity index (χ2n) is 4.29. The van der Waals surface area contributed by atoms with Crippen molar-refractivity contribution in [3.8, 4) is 0 Å². The van der Waals surface area contributed by atoms with Gasteiger partial charge in [0.15, 0.2) is 0 Å². The fourth-order valence-electron chi connectivity index (χ4n) is 1.69. The van der Waals surface area contributed by atoms with Crippen LogP contribution in [-0.4, -0.2) is 17.6 Å². The summed E-state index contributed by atoms with van der Waals surface area (Å²) in [6.45, 7) is 4.00. The quantitative estimate of drug-likeness (QED) is 0.836. The summed E-state index contributed by atoms with van der Waals surface area (Å²) >= 11 is 0. The normalized spacial score (nSPS) is 10.1. The number of pyridine rings is 1. The Morgan fingerprint density at radius 1 is 1.25 bits per heavy atom. The molecule has 0 atom stereocenters. The molecule has 2 aromatic rings. The lowest BCUT2D eigenvalue weighted by atomic mass is 10.2. The van der Waals surface area contributed by atoms with Crippen molar-refractivity contribution in [1.29, 1.82) is 0 Å². The van der Waals surface area contributed by atoms with E-state index in [0.717, 1.165) is 11.4 Å². The molecule has 3 N–H and O–H groups in total. The number of anilines is 3. The van der Waals surface area contributed by atoms with Crippen molar-refractivity contribution in [3.63, 3.8) is 0 Å². The van der Waals surface area contributed by atoms with Crippen molar-refractivity contribution in [2.45, 2.75) is 13.8 Å². The third-order valence-electron chi connectivity index (χ3n) is 2.80. The molecule has 1 aromatic heterocycles. The van der Waals surface area contributed by atoms with Gasteiger partial charge in [0.2, 0.25) is 0 Å². The Kier molecular flexibility index (Phi) is 4.20. The Morgan fingerprint density at radius 3 is 2.55 bits per heavy atom. The number of ether oxygens (including phenoxy) is 1. The number of nitrogens with two attached hydrogens (primary N) is 1. The van der Waals surface area contributed by atoms with Gasteiger partial charge in [-0.3, -0.25) is 0 Å². The Hall–Kier alpha value is -2.56. The molecule has 0 aliphatic rings. The molecule has 0 saturated carbocycles. The topological polar surface area (TPSA) is 77.2 Å². The molecule has 0 bridgehead atoms. The number of hydrogen-bond acceptors (Lipinski definition) is 5. The van der Waals surface area contributed by atoms with Crippen molar-refractivity contribution < 1.29 is 9.53 Å². The summed E-state index contributed by atoms with van der Waals surface area (Å²) in [6.07, 6.45) is 0. The summed E-state index contributed by atoms with van der Waals surface area (Å²) in [5.74, 6) is 0.390. The monoisotopic (exact) mass is 271 g/mol. The lowest BCUT2D eigenvalue weighted by molar-refractivity contribution is 0.0526. The number of aromatic nitrogens is 1. The summed E-state index contributed by atoms with van der Waals surface area (Å²) in [6, 6.07) is 10.6. The van der Waals surface area contributed by atoms with Gasteiger partial charge in [-0.15, -0.1) is 0 Å². The van der Waals surface area contributed by atoms with E-state index < -0.39 is 0 Å². The van der Waals surface area contributed by atoms with Crippen LogP contribution in [0.1, 0.15) is 23.0 Å². The van der Waals surface area contributed by atoms with Crippen LogP contribution in [0.4, 0.5) is 17.2 Å². The van der Waals surface area contributed by atoms with Crippen LogP contribution < -0.4 is 11.1 Å². The molecule has 5 heteroatoms. The average Bonchev–Trinajstić information content (AvgIpc) is 2.44. The van der Waals surface area contributed by atoms with Gasteiger partial charge in [-0.25, -0.2) is 9.78 Å². The van der Waals surface area contributed by atoms with E-state index in [2.05, 4.69) is 10.3 Å². The van der Waals surface area contributed by atoms with Crippen molar-refractivity contribution in [2.75, 3.05) is 17.7 Å². The highest BCUT2D eigenvalue weighted by molar-refractivity contribution is 5.89. The number of nitrogen functional groups attached to an aromatic ring is 1. The molecule has 0 radical (unpaired) electrons. The van der Waals surface area contributed by atoms with Crippen LogP contribution in [0.3, 0.4) is 0 Å². The van der Waals surface area contributed by atoms with E-state index in [1.165, 1.54) is 0 Å². The molecule has 0 amide bonds. The molecule has 0 unspecified atom stereocenters. The second kappa shape index (κ2) is 6.06. The van der Waals surface area contributed by atoms with Gasteiger partial charge in [0.25, 0.3) is 0 Å². The molecule has 2 rings (SSSR count). The number of esters is 1. The third-order valence-corrected chi connectivity index (χ3v) is 2.80. The zero-order valence-electron chi connectivity index (χ0n) is 11.5. The van der Waals surface area contributed by atoms with E-state index in [1.54, 1.807) is 37.3 Å². The number of carbonyl (C=O) groups is 1. The highest BCUT2D eigenvalue weighted by Gasteiger charge is 2.06. The van der Waals surface area contributed by atoms with Crippen LogP contribution in [0.2, 0.25) is 0 Å². The van der Waals surface area contributed by atoms with Crippen molar-refractivity contribution in [1.82, 2.24) is 4.98 Å². The fourth-order valence-corrected chi connectivity index (χ4v) is 1.69. The second-order valence-corrected chi connectivity index (χ2v) is 4.29. The Bertz CT molecular complexity index is 609. The van der Waals surface area contributed by atoms with E-state index in [0.29, 0.717) is 23.7 Å². The van der Waals surface area contributed by atoms with Crippen molar-refractivity contribution in [3.05, 3.63) is 47.7 Å². The number of nitrogens with one attached hydrogen (secondary N) is 1. The van der Waals surface area contributed by atoms with Crippen LogP contribution in [0, 0.1) is 6.92 Å². The van der Waals surface area contributed by atoms with Crippen molar-refractivity contribution in [2.24, 2.45) is 0 Å². The number of carbonyl (C=O) groups excluding carboxylic acids is 1. The molecule has 20 heavy (non-hydrogen) atoms. The highest BCUT2D eigenvalue weighted by Crippen LogP contribution is 2.18. The van der Waals surface area contributed by atoms with Gasteiger partial charge in [0.1, 0.15) is 5.82 Å². The maximum absolute atomic E-state index is 11.5. The molecule has 0 saturated heterocycles.